The summed E-state index contributed by atoms with van der Waals surface area (Å²) in [5.41, 5.74) is 0. The van der Waals surface area contributed by atoms with Gasteiger partial charge < -0.3 is 4.57 Å². The average Bonchev–Trinajstić information content (AvgIpc) is 2.37. The Balaban J connectivity index is 2.68. The molecule has 0 amide bonds. The molecule has 0 saturated carbocycles. The normalized spacial score (nSPS) is 37.2. The Hall–Kier alpha value is 1.19. The monoisotopic (exact) mass is 257 g/mol. The van der Waals surface area contributed by atoms with Crippen molar-refractivity contribution in [2.24, 2.45) is 0 Å². The van der Waals surface area contributed by atoms with Crippen LogP contribution in [0.5, 0.6) is 0 Å². The lowest BCUT2D eigenvalue weighted by atomic mass is 10.3. The van der Waals surface area contributed by atoms with Gasteiger partial charge in [0.25, 0.3) is 0 Å². The zero-order chi connectivity index (χ0) is 9.52. The maximum Gasteiger partial charge on any atom is 0.206 e. The van der Waals surface area contributed by atoms with Crippen LogP contribution in [0.3, 0.4) is 0 Å². The van der Waals surface area contributed by atoms with Crippen molar-refractivity contribution in [2.75, 3.05) is 0 Å². The van der Waals surface area contributed by atoms with Crippen molar-refractivity contribution >= 4 is 44.4 Å². The fraction of sp³-hybridized carbons (Fsp3) is 1.00. The van der Waals surface area contributed by atoms with Crippen molar-refractivity contribution in [1.29, 1.82) is 0 Å². The molecule has 0 bridgehead atoms. The molecule has 72 valence electrons. The molecule has 0 aromatic heterocycles. The van der Waals surface area contributed by atoms with Crippen molar-refractivity contribution in [2.45, 2.75) is 39.8 Å². The summed E-state index contributed by atoms with van der Waals surface area (Å²) in [4.78, 5) is 0. The minimum absolute atomic E-state index is 0.0101. The van der Waals surface area contributed by atoms with E-state index in [0.29, 0.717) is 12.1 Å². The maximum atomic E-state index is 6.61. The van der Waals surface area contributed by atoms with Gasteiger partial charge in [-0.05, 0) is 12.1 Å². The van der Waals surface area contributed by atoms with Crippen LogP contribution < -0.4 is 0 Å². The number of nitrogens with zero attached hydrogens (tertiary/aromatic N) is 1. The minimum Gasteiger partial charge on any atom is -0.311 e. The fourth-order valence-corrected chi connectivity index (χ4v) is 49.3. The quantitative estimate of drug-likeness (QED) is 0.539. The summed E-state index contributed by atoms with van der Waals surface area (Å²) in [7, 11) is -0.837. The van der Waals surface area contributed by atoms with Crippen molar-refractivity contribution in [3.05, 3.63) is 0 Å². The van der Waals surface area contributed by atoms with Crippen molar-refractivity contribution in [3.8, 4) is 0 Å². The van der Waals surface area contributed by atoms with Crippen molar-refractivity contribution < 1.29 is 0 Å². The highest BCUT2D eigenvalue weighted by Gasteiger charge is 2.62. The molecular formula is C6H17Cl2NSi3. The van der Waals surface area contributed by atoms with E-state index in [1.165, 1.54) is 0 Å². The standard InChI is InChI=1S/C6H17Cl2NSi3/c1-5(2)9(6(3)4)12(8)10-11(12)7/h5-6,11H,10H2,1-4H3. The lowest BCUT2D eigenvalue weighted by Crippen LogP contribution is -2.50. The summed E-state index contributed by atoms with van der Waals surface area (Å²) in [6.45, 7) is 7.53. The Morgan fingerprint density at radius 3 is 1.67 bits per heavy atom. The van der Waals surface area contributed by atoms with Crippen LogP contribution in [0.15, 0.2) is 0 Å². The van der Waals surface area contributed by atoms with Crippen LogP contribution in [0.25, 0.3) is 0 Å². The smallest absolute Gasteiger partial charge is 0.206 e. The number of rotatable bonds is 3. The minimum atomic E-state index is -1.42. The first-order chi connectivity index (χ1) is 5.39. The van der Waals surface area contributed by atoms with Crippen LogP contribution in [0.4, 0.5) is 0 Å². The van der Waals surface area contributed by atoms with E-state index < -0.39 is 13.7 Å². The number of hydrogen-bond acceptors (Lipinski definition) is 1. The third-order valence-corrected chi connectivity index (χ3v) is 46.1. The van der Waals surface area contributed by atoms with Crippen LogP contribution >= 0.6 is 22.2 Å². The van der Waals surface area contributed by atoms with Gasteiger partial charge in [0, 0.05) is 0 Å². The van der Waals surface area contributed by atoms with Crippen molar-refractivity contribution in [1.82, 2.24) is 4.57 Å². The van der Waals surface area contributed by atoms with E-state index in [4.69, 9.17) is 22.2 Å². The molecule has 0 aliphatic carbocycles. The lowest BCUT2D eigenvalue weighted by Gasteiger charge is -2.35. The second-order valence-electron chi connectivity index (χ2n) is 4.09. The fourth-order valence-electron chi connectivity index (χ4n) is 1.91. The Morgan fingerprint density at radius 2 is 1.58 bits per heavy atom. The van der Waals surface area contributed by atoms with Gasteiger partial charge in [-0.2, -0.15) is 22.2 Å². The molecule has 1 aliphatic heterocycles. The second-order valence-corrected chi connectivity index (χ2v) is 36.7. The lowest BCUT2D eigenvalue weighted by molar-refractivity contribution is 0.312. The van der Waals surface area contributed by atoms with E-state index >= 15 is 0 Å². The summed E-state index contributed by atoms with van der Waals surface area (Å²) >= 11 is 12.9. The molecule has 0 aromatic rings. The Morgan fingerprint density at radius 1 is 1.25 bits per heavy atom. The molecule has 1 heterocycles. The molecule has 2 unspecified atom stereocenters. The van der Waals surface area contributed by atoms with Crippen molar-refractivity contribution in [3.63, 3.8) is 0 Å². The molecule has 0 aromatic carbocycles. The summed E-state index contributed by atoms with van der Waals surface area (Å²) in [5.74, 6) is 0. The van der Waals surface area contributed by atoms with Gasteiger partial charge in [0.15, 0.2) is 0 Å². The average molecular weight is 258 g/mol. The SMILES string of the molecule is CC(C)N(C(C)C)[Si]1(Cl)[SiH2][SiH]1Cl. The van der Waals surface area contributed by atoms with Gasteiger partial charge >= 0.3 is 0 Å². The topological polar surface area (TPSA) is 3.24 Å². The van der Waals surface area contributed by atoms with Crippen LogP contribution in [0, 0.1) is 0 Å². The van der Waals surface area contributed by atoms with Gasteiger partial charge in [-0.15, -0.1) is 0 Å². The molecule has 6 heteroatoms. The molecule has 1 nitrogen and oxygen atoms in total. The molecular weight excluding hydrogens is 241 g/mol. The molecule has 1 aliphatic rings. The highest BCUT2D eigenvalue weighted by atomic mass is 35.6. The van der Waals surface area contributed by atoms with Gasteiger partial charge in [0.05, 0.1) is 8.55 Å². The first-order valence-corrected chi connectivity index (χ1v) is 16.6. The Bertz CT molecular complexity index is 170. The molecule has 12 heavy (non-hydrogen) atoms. The van der Waals surface area contributed by atoms with E-state index in [1.54, 1.807) is 0 Å². The zero-order valence-electron chi connectivity index (χ0n) is 8.14. The van der Waals surface area contributed by atoms with Gasteiger partial charge in [-0.3, -0.25) is 0 Å². The predicted molar refractivity (Wildman–Crippen MR) is 65.3 cm³/mol. The predicted octanol–water partition coefficient (Wildman–Crippen LogP) is 1.00. The van der Waals surface area contributed by atoms with Gasteiger partial charge in [-0.1, -0.05) is 27.7 Å². The molecule has 0 N–H and O–H groups in total. The molecule has 2 atom stereocenters. The summed E-state index contributed by atoms with van der Waals surface area (Å²) in [6, 6.07) is 1.19. The van der Waals surface area contributed by atoms with Gasteiger partial charge in [0.2, 0.25) is 6.58 Å². The number of hydrogen-bond donors (Lipinski definition) is 0. The first kappa shape index (κ1) is 11.3. The van der Waals surface area contributed by atoms with E-state index in [0.717, 1.165) is 0 Å². The highest BCUT2D eigenvalue weighted by Crippen LogP contribution is 2.35. The van der Waals surface area contributed by atoms with E-state index in [2.05, 4.69) is 32.3 Å². The molecule has 1 rings (SSSR count). The van der Waals surface area contributed by atoms with Crippen LogP contribution in [-0.2, 0) is 0 Å². The highest BCUT2D eigenvalue weighted by molar-refractivity contribution is 8.13. The molecule has 1 fully saturated rings. The Labute approximate surface area is 88.7 Å². The summed E-state index contributed by atoms with van der Waals surface area (Å²) in [5, 5.41) is 0. The van der Waals surface area contributed by atoms with E-state index in [-0.39, 0.29) is 8.55 Å². The van der Waals surface area contributed by atoms with E-state index in [9.17, 15) is 0 Å². The second kappa shape index (κ2) is 3.74. The van der Waals surface area contributed by atoms with Crippen LogP contribution in [0.2, 0.25) is 0 Å². The zero-order valence-corrected chi connectivity index (χ0v) is 13.2. The summed E-state index contributed by atoms with van der Waals surface area (Å²) in [6.07, 6.45) is 0. The van der Waals surface area contributed by atoms with Crippen LogP contribution in [-0.4, -0.2) is 38.9 Å². The first-order valence-electron chi connectivity index (χ1n) is 4.51. The molecule has 0 spiro atoms. The van der Waals surface area contributed by atoms with Gasteiger partial charge in [-0.25, -0.2) is 0 Å². The third-order valence-electron chi connectivity index (χ3n) is 2.33. The maximum absolute atomic E-state index is 6.61. The summed E-state index contributed by atoms with van der Waals surface area (Å²) < 4.78 is 2.55. The Kier molecular flexibility index (Phi) is 3.52. The van der Waals surface area contributed by atoms with Crippen LogP contribution in [0.1, 0.15) is 27.7 Å². The molecule has 1 saturated heterocycles. The number of halogens is 2. The third kappa shape index (κ3) is 1.99. The van der Waals surface area contributed by atoms with E-state index in [1.807, 2.05) is 0 Å². The largest absolute Gasteiger partial charge is 0.311 e. The van der Waals surface area contributed by atoms with Gasteiger partial charge in [0.1, 0.15) is 7.14 Å². The molecule has 0 radical (unpaired) electrons.